The number of furan rings is 3. The van der Waals surface area contributed by atoms with Gasteiger partial charge in [-0.3, -0.25) is 0 Å². The molecule has 6 nitrogen and oxygen atoms in total. The highest BCUT2D eigenvalue weighted by molar-refractivity contribution is 6.18. The van der Waals surface area contributed by atoms with Gasteiger partial charge in [0.05, 0.1) is 0 Å². The summed E-state index contributed by atoms with van der Waals surface area (Å²) < 4.78 is 57.1. The molecule has 1 unspecified atom stereocenters. The topological polar surface area (TPSA) is 51.1 Å². The molecule has 15 rings (SSSR count). The van der Waals surface area contributed by atoms with Gasteiger partial charge in [0.2, 0.25) is 17.1 Å². The van der Waals surface area contributed by atoms with Crippen LogP contribution in [-0.2, 0) is 21.1 Å². The molecule has 6 heteroatoms. The van der Waals surface area contributed by atoms with Gasteiger partial charge in [0, 0.05) is 107 Å². The van der Waals surface area contributed by atoms with Crippen LogP contribution in [0.25, 0.3) is 132 Å². The molecule has 0 saturated carbocycles. The Labute approximate surface area is 465 Å². The summed E-state index contributed by atoms with van der Waals surface area (Å²) in [6, 6.07) is 65.1. The van der Waals surface area contributed by atoms with Crippen LogP contribution in [-0.4, -0.2) is 0 Å². The first kappa shape index (κ1) is 44.7. The van der Waals surface area contributed by atoms with Gasteiger partial charge in [0.15, 0.2) is 18.6 Å². The summed E-state index contributed by atoms with van der Waals surface area (Å²) in [6.07, 6.45) is 6.03. The van der Waals surface area contributed by atoms with Crippen LogP contribution < -0.4 is 13.7 Å². The summed E-state index contributed by atoms with van der Waals surface area (Å²) in [6.45, 7) is 7.48. The minimum atomic E-state index is -2.43. The van der Waals surface area contributed by atoms with E-state index in [1.54, 1.807) is 6.07 Å². The fourth-order valence-electron chi connectivity index (χ4n) is 11.6. The first-order valence-corrected chi connectivity index (χ1v) is 26.9. The molecule has 79 heavy (non-hydrogen) atoms. The van der Waals surface area contributed by atoms with E-state index < -0.39 is 12.7 Å². The van der Waals surface area contributed by atoms with Gasteiger partial charge in [-0.2, -0.15) is 0 Å². The molecule has 6 aromatic heterocycles. The van der Waals surface area contributed by atoms with Crippen molar-refractivity contribution in [1.29, 1.82) is 0 Å². The van der Waals surface area contributed by atoms with Crippen LogP contribution in [0.15, 0.2) is 220 Å². The highest BCUT2D eigenvalue weighted by Gasteiger charge is 2.22. The van der Waals surface area contributed by atoms with Crippen molar-refractivity contribution >= 4 is 98.1 Å². The minimum absolute atomic E-state index is 0.466. The van der Waals surface area contributed by atoms with Crippen molar-refractivity contribution in [3.8, 4) is 33.8 Å². The largest absolute Gasteiger partial charge is 0.455 e. The average Bonchev–Trinajstić information content (AvgIpc) is 2.42. The number of aryl methyl sites for hydroxylation is 7. The van der Waals surface area contributed by atoms with Crippen molar-refractivity contribution in [3.63, 3.8) is 0 Å². The van der Waals surface area contributed by atoms with Gasteiger partial charge in [-0.15, -0.1) is 0 Å². The molecule has 1 atom stereocenters. The van der Waals surface area contributed by atoms with E-state index in [4.69, 9.17) is 18.7 Å². The Morgan fingerprint density at radius 2 is 0.759 bits per heavy atom. The lowest BCUT2D eigenvalue weighted by Gasteiger charge is -2.09. The van der Waals surface area contributed by atoms with E-state index >= 15 is 0 Å². The van der Waals surface area contributed by atoms with Gasteiger partial charge >= 0.3 is 0 Å². The first-order valence-electron chi connectivity index (χ1n) is 28.9. The summed E-state index contributed by atoms with van der Waals surface area (Å²) in [7, 11) is 6.11. The van der Waals surface area contributed by atoms with Gasteiger partial charge in [-0.1, -0.05) is 105 Å². The van der Waals surface area contributed by atoms with Crippen molar-refractivity contribution in [3.05, 3.63) is 234 Å². The molecule has 0 aliphatic rings. The van der Waals surface area contributed by atoms with Crippen molar-refractivity contribution in [2.45, 2.75) is 47.4 Å². The number of nitrogens with zero attached hydrogens (tertiary/aromatic N) is 3. The maximum Gasteiger partial charge on any atom is 0.212 e. The monoisotopic (exact) mass is 1030 g/mol. The van der Waals surface area contributed by atoms with E-state index in [-0.39, 0.29) is 0 Å². The molecule has 0 amide bonds. The maximum atomic E-state index is 8.51. The van der Waals surface area contributed by atoms with Gasteiger partial charge < -0.3 is 13.3 Å². The maximum absolute atomic E-state index is 8.51. The number of aromatic nitrogens is 3. The van der Waals surface area contributed by atoms with Crippen LogP contribution in [0.1, 0.15) is 53.0 Å². The smallest absolute Gasteiger partial charge is 0.212 e. The molecule has 0 bridgehead atoms. The van der Waals surface area contributed by atoms with E-state index in [1.165, 1.54) is 89.2 Å². The van der Waals surface area contributed by atoms with Crippen molar-refractivity contribution in [2.24, 2.45) is 21.1 Å². The second-order valence-electron chi connectivity index (χ2n) is 21.2. The Morgan fingerprint density at radius 3 is 1.20 bits per heavy atom. The summed E-state index contributed by atoms with van der Waals surface area (Å²) in [5.74, 6) is -1.70. The van der Waals surface area contributed by atoms with Crippen LogP contribution in [0, 0.1) is 27.7 Å². The number of pyridine rings is 3. The number of rotatable bonds is 4. The SMILES string of the molecule is Cc1cc2oc3c4ccccc4ccc3c2cc1-c1cccc[n+]1C.Cc1cc[n+](C)c(-c2cc3c(cc2C)oc2c4ccccc4ccc32)c1.[2H]C([2H])([2H])C([2H])(C)c1cc[n+](C)c(-c2cc3c(cc2C)oc2c4ccccc4ccc32)c1. The molecule has 6 heterocycles. The lowest BCUT2D eigenvalue weighted by molar-refractivity contribution is -0.660. The van der Waals surface area contributed by atoms with Crippen molar-refractivity contribution in [2.75, 3.05) is 0 Å². The number of benzene rings is 9. The van der Waals surface area contributed by atoms with Crippen molar-refractivity contribution in [1.82, 2.24) is 0 Å². The first-order chi connectivity index (χ1) is 39.9. The van der Waals surface area contributed by atoms with E-state index in [9.17, 15) is 0 Å². The molecule has 0 fully saturated rings. The Morgan fingerprint density at radius 1 is 0.367 bits per heavy atom. The standard InChI is InChI=1S/C26H24NO.C24H20NO.C23H18NO/c1-16(2)19-11-12-27(4)24(14-19)22-15-23-21-10-9-18-7-5-6-8-20(18)26(21)28-25(23)13-17(22)3;1-15-10-11-25(3)22(12-15)20-14-21-19-9-8-17-6-4-5-7-18(17)24(19)26-23(21)13-16(20)2;1-15-13-22-20(14-19(15)21-9-5-6-12-24(21)2)18-11-10-16-7-3-4-8-17(16)23(18)25-22/h5-16H,1-4H3;4-14H,1-3H3;3-14H,1-2H3/q3*+1/i1D3,16D;;. The summed E-state index contributed by atoms with van der Waals surface area (Å²) in [5.41, 5.74) is 17.5. The third kappa shape index (κ3) is 8.65. The molecule has 0 saturated heterocycles. The molecule has 0 radical (unpaired) electrons. The average molecular weight is 1030 g/mol. The molecule has 15 aromatic rings. The zero-order valence-corrected chi connectivity index (χ0v) is 45.7. The molecule has 9 aromatic carbocycles. The van der Waals surface area contributed by atoms with E-state index in [1.807, 2.05) is 49.0 Å². The fourth-order valence-corrected chi connectivity index (χ4v) is 11.6. The van der Waals surface area contributed by atoms with Crippen LogP contribution >= 0.6 is 0 Å². The minimum Gasteiger partial charge on any atom is -0.455 e. The van der Waals surface area contributed by atoms with Crippen LogP contribution in [0.5, 0.6) is 0 Å². The third-order valence-electron chi connectivity index (χ3n) is 15.9. The van der Waals surface area contributed by atoms with Crippen LogP contribution in [0.4, 0.5) is 0 Å². The summed E-state index contributed by atoms with van der Waals surface area (Å²) in [4.78, 5) is 0. The highest BCUT2D eigenvalue weighted by atomic mass is 16.3. The third-order valence-corrected chi connectivity index (χ3v) is 15.9. The zero-order valence-electron chi connectivity index (χ0n) is 49.7. The molecular formula is C73H62N3O3+3. The van der Waals surface area contributed by atoms with Gasteiger partial charge in [0.25, 0.3) is 0 Å². The molecule has 0 aliphatic carbocycles. The molecule has 384 valence electrons. The Hall–Kier alpha value is -9.39. The molecular weight excluding hydrogens is 967 g/mol. The number of hydrogen-bond acceptors (Lipinski definition) is 3. The van der Waals surface area contributed by atoms with Crippen molar-refractivity contribution < 1.29 is 32.4 Å². The Balaban J connectivity index is 0.000000118. The van der Waals surface area contributed by atoms with E-state index in [2.05, 4.69) is 214 Å². The molecule has 0 N–H and O–H groups in total. The molecule has 0 spiro atoms. The quantitative estimate of drug-likeness (QED) is 0.165. The van der Waals surface area contributed by atoms with Crippen LogP contribution in [0.3, 0.4) is 0 Å². The van der Waals surface area contributed by atoms with E-state index in [0.717, 1.165) is 71.9 Å². The van der Waals surface area contributed by atoms with Gasteiger partial charge in [-0.05, 0) is 138 Å². The zero-order chi connectivity index (χ0) is 57.6. The normalized spacial score (nSPS) is 13.4. The lowest BCUT2D eigenvalue weighted by atomic mass is 9.97. The highest BCUT2D eigenvalue weighted by Crippen LogP contribution is 2.41. The number of fused-ring (bicyclic) bond motifs is 15. The predicted octanol–water partition coefficient (Wildman–Crippen LogP) is 18.0. The summed E-state index contributed by atoms with van der Waals surface area (Å²) in [5, 5.41) is 13.7. The second-order valence-corrected chi connectivity index (χ2v) is 21.2. The number of hydrogen-bond donors (Lipinski definition) is 0. The summed E-state index contributed by atoms with van der Waals surface area (Å²) >= 11 is 0. The Bertz CT molecular complexity index is 5100. The Kier molecular flexibility index (Phi) is 11.1. The van der Waals surface area contributed by atoms with Crippen LogP contribution in [0.2, 0.25) is 0 Å². The van der Waals surface area contributed by atoms with Gasteiger partial charge in [-0.25, -0.2) is 13.7 Å². The van der Waals surface area contributed by atoms with Gasteiger partial charge in [0.1, 0.15) is 54.6 Å². The predicted molar refractivity (Wildman–Crippen MR) is 327 cm³/mol. The second kappa shape index (κ2) is 19.6. The fraction of sp³-hybridized carbons (Fsp3) is 0.137. The molecule has 0 aliphatic heterocycles. The van der Waals surface area contributed by atoms with E-state index in [0.29, 0.717) is 5.56 Å². The lowest BCUT2D eigenvalue weighted by Crippen LogP contribution is -2.30.